The Balaban J connectivity index is 2.03. The van der Waals surface area contributed by atoms with Crippen LogP contribution in [0.4, 0.5) is 0 Å². The number of nitrogens with zero attached hydrogens (tertiary/aromatic N) is 4. The predicted octanol–water partition coefficient (Wildman–Crippen LogP) is 0.443. The van der Waals surface area contributed by atoms with Gasteiger partial charge in [0.15, 0.2) is 0 Å². The van der Waals surface area contributed by atoms with Gasteiger partial charge in [-0.1, -0.05) is 0 Å². The van der Waals surface area contributed by atoms with Crippen LogP contribution in [0.15, 0.2) is 24.9 Å². The summed E-state index contributed by atoms with van der Waals surface area (Å²) in [6.07, 6.45) is 7.17. The summed E-state index contributed by atoms with van der Waals surface area (Å²) in [5, 5.41) is 3.29. The van der Waals surface area contributed by atoms with E-state index in [1.807, 2.05) is 0 Å². The second kappa shape index (κ2) is 3.43. The summed E-state index contributed by atoms with van der Waals surface area (Å²) >= 11 is 0. The van der Waals surface area contributed by atoms with E-state index >= 15 is 0 Å². The zero-order valence-electron chi connectivity index (χ0n) is 8.22. The van der Waals surface area contributed by atoms with Gasteiger partial charge >= 0.3 is 0 Å². The fraction of sp³-hybridized carbons (Fsp3) is 0.300. The summed E-state index contributed by atoms with van der Waals surface area (Å²) in [5.74, 6) is 1.08. The molecule has 15 heavy (non-hydrogen) atoms. The Morgan fingerprint density at radius 1 is 1.27 bits per heavy atom. The van der Waals surface area contributed by atoms with E-state index in [-0.39, 0.29) is 0 Å². The highest BCUT2D eigenvalue weighted by Crippen LogP contribution is 2.17. The molecule has 0 aromatic carbocycles. The summed E-state index contributed by atoms with van der Waals surface area (Å²) in [7, 11) is 0. The minimum Gasteiger partial charge on any atom is -0.332 e. The van der Waals surface area contributed by atoms with Gasteiger partial charge in [-0.2, -0.15) is 0 Å². The van der Waals surface area contributed by atoms with E-state index in [0.29, 0.717) is 0 Å². The van der Waals surface area contributed by atoms with Gasteiger partial charge in [0, 0.05) is 37.2 Å². The van der Waals surface area contributed by atoms with Gasteiger partial charge in [0.1, 0.15) is 12.2 Å². The first-order valence-corrected chi connectivity index (χ1v) is 4.95. The molecule has 5 nitrogen and oxygen atoms in total. The lowest BCUT2D eigenvalue weighted by Gasteiger charge is -2.13. The Morgan fingerprint density at radius 3 is 2.93 bits per heavy atom. The summed E-state index contributed by atoms with van der Waals surface area (Å²) < 4.78 is 2.18. The number of nitrogens with one attached hydrogen (secondary N) is 1. The lowest BCUT2D eigenvalue weighted by atomic mass is 10.3. The lowest BCUT2D eigenvalue weighted by molar-refractivity contribution is 0.505. The number of fused-ring (bicyclic) bond motifs is 1. The van der Waals surface area contributed by atoms with E-state index in [4.69, 9.17) is 0 Å². The van der Waals surface area contributed by atoms with Crippen molar-refractivity contribution in [3.05, 3.63) is 30.7 Å². The van der Waals surface area contributed by atoms with Crippen molar-refractivity contribution in [1.29, 1.82) is 0 Å². The maximum atomic E-state index is 4.54. The Kier molecular flexibility index (Phi) is 1.96. The number of rotatable bonds is 1. The molecule has 0 aliphatic carbocycles. The number of hydrogen-bond donors (Lipinski definition) is 1. The Morgan fingerprint density at radius 2 is 2.13 bits per heavy atom. The standard InChI is InChI=1S/C10H11N5/c1-2-15-6-9(14-10(15)5-11-1)8-3-12-7-13-4-8/h3-4,6-7,11H,1-2,5H2. The van der Waals surface area contributed by atoms with Gasteiger partial charge in [-0.3, -0.25) is 0 Å². The minimum absolute atomic E-state index is 0.841. The van der Waals surface area contributed by atoms with E-state index in [9.17, 15) is 0 Å². The quantitative estimate of drug-likeness (QED) is 0.727. The van der Waals surface area contributed by atoms with Crippen LogP contribution in [-0.2, 0) is 13.1 Å². The van der Waals surface area contributed by atoms with Gasteiger partial charge in [-0.25, -0.2) is 15.0 Å². The second-order valence-corrected chi connectivity index (χ2v) is 3.54. The highest BCUT2D eigenvalue weighted by molar-refractivity contribution is 5.55. The zero-order chi connectivity index (χ0) is 10.1. The molecule has 1 aliphatic rings. The molecule has 0 amide bonds. The van der Waals surface area contributed by atoms with Crippen molar-refractivity contribution in [2.45, 2.75) is 13.1 Å². The molecule has 0 radical (unpaired) electrons. The van der Waals surface area contributed by atoms with E-state index in [1.54, 1.807) is 12.4 Å². The first-order valence-electron chi connectivity index (χ1n) is 4.95. The lowest BCUT2D eigenvalue weighted by Crippen LogP contribution is -2.27. The van der Waals surface area contributed by atoms with Crippen LogP contribution in [0.1, 0.15) is 5.82 Å². The van der Waals surface area contributed by atoms with Crippen molar-refractivity contribution in [1.82, 2.24) is 24.8 Å². The topological polar surface area (TPSA) is 55.6 Å². The molecule has 0 fully saturated rings. The Bertz CT molecular complexity index is 438. The van der Waals surface area contributed by atoms with Crippen LogP contribution in [0.3, 0.4) is 0 Å². The molecule has 5 heteroatoms. The molecule has 3 rings (SSSR count). The first-order chi connectivity index (χ1) is 7.43. The van der Waals surface area contributed by atoms with Crippen molar-refractivity contribution in [2.75, 3.05) is 6.54 Å². The van der Waals surface area contributed by atoms with Gasteiger partial charge in [0.2, 0.25) is 0 Å². The number of aromatic nitrogens is 4. The van der Waals surface area contributed by atoms with Gasteiger partial charge in [0.05, 0.1) is 12.2 Å². The summed E-state index contributed by atoms with van der Waals surface area (Å²) in [6.45, 7) is 2.83. The van der Waals surface area contributed by atoms with Crippen molar-refractivity contribution >= 4 is 0 Å². The highest BCUT2D eigenvalue weighted by Gasteiger charge is 2.12. The van der Waals surface area contributed by atoms with Crippen molar-refractivity contribution in [3.8, 4) is 11.3 Å². The van der Waals surface area contributed by atoms with Gasteiger partial charge in [-0.15, -0.1) is 0 Å². The molecule has 0 atom stereocenters. The average Bonchev–Trinajstić information content (AvgIpc) is 2.74. The van der Waals surface area contributed by atoms with Crippen LogP contribution in [0.2, 0.25) is 0 Å². The molecule has 0 unspecified atom stereocenters. The van der Waals surface area contributed by atoms with Crippen LogP contribution in [-0.4, -0.2) is 26.1 Å². The van der Waals surface area contributed by atoms with E-state index in [0.717, 1.165) is 36.7 Å². The van der Waals surface area contributed by atoms with Crippen LogP contribution in [0, 0.1) is 0 Å². The van der Waals surface area contributed by atoms with Gasteiger partial charge in [-0.05, 0) is 0 Å². The molecule has 0 spiro atoms. The molecule has 0 saturated heterocycles. The summed E-state index contributed by atoms with van der Waals surface area (Å²) in [5.41, 5.74) is 1.92. The first kappa shape index (κ1) is 8.55. The Hall–Kier alpha value is -1.75. The third kappa shape index (κ3) is 1.50. The van der Waals surface area contributed by atoms with Gasteiger partial charge < -0.3 is 9.88 Å². The summed E-state index contributed by atoms with van der Waals surface area (Å²) in [6, 6.07) is 0. The normalized spacial score (nSPS) is 14.9. The third-order valence-corrected chi connectivity index (χ3v) is 2.53. The fourth-order valence-electron chi connectivity index (χ4n) is 1.76. The highest BCUT2D eigenvalue weighted by atomic mass is 15.1. The van der Waals surface area contributed by atoms with E-state index in [2.05, 4.69) is 31.0 Å². The van der Waals surface area contributed by atoms with Crippen LogP contribution < -0.4 is 5.32 Å². The largest absolute Gasteiger partial charge is 0.332 e. The number of hydrogen-bond acceptors (Lipinski definition) is 4. The molecule has 0 bridgehead atoms. The molecule has 1 aliphatic heterocycles. The number of imidazole rings is 1. The monoisotopic (exact) mass is 201 g/mol. The molecule has 2 aromatic rings. The Labute approximate surface area is 87.2 Å². The predicted molar refractivity (Wildman–Crippen MR) is 55.0 cm³/mol. The van der Waals surface area contributed by atoms with Crippen LogP contribution in [0.25, 0.3) is 11.3 Å². The second-order valence-electron chi connectivity index (χ2n) is 3.54. The van der Waals surface area contributed by atoms with E-state index < -0.39 is 0 Å². The summed E-state index contributed by atoms with van der Waals surface area (Å²) in [4.78, 5) is 12.5. The van der Waals surface area contributed by atoms with Crippen molar-refractivity contribution in [2.24, 2.45) is 0 Å². The van der Waals surface area contributed by atoms with Crippen LogP contribution >= 0.6 is 0 Å². The maximum absolute atomic E-state index is 4.54. The molecule has 3 heterocycles. The molecular formula is C10H11N5. The molecule has 1 N–H and O–H groups in total. The third-order valence-electron chi connectivity index (χ3n) is 2.53. The zero-order valence-corrected chi connectivity index (χ0v) is 8.22. The van der Waals surface area contributed by atoms with Crippen molar-refractivity contribution < 1.29 is 0 Å². The van der Waals surface area contributed by atoms with Gasteiger partial charge in [0.25, 0.3) is 0 Å². The van der Waals surface area contributed by atoms with E-state index in [1.165, 1.54) is 6.33 Å². The molecule has 0 saturated carbocycles. The smallest absolute Gasteiger partial charge is 0.123 e. The molecule has 2 aromatic heterocycles. The minimum atomic E-state index is 0.841. The average molecular weight is 201 g/mol. The molecular weight excluding hydrogens is 190 g/mol. The maximum Gasteiger partial charge on any atom is 0.123 e. The van der Waals surface area contributed by atoms with Crippen LogP contribution in [0.5, 0.6) is 0 Å². The molecule has 76 valence electrons. The fourth-order valence-corrected chi connectivity index (χ4v) is 1.76. The SMILES string of the molecule is c1ncc(-c2cn3c(n2)CNCC3)cn1. The van der Waals surface area contributed by atoms with Crippen molar-refractivity contribution in [3.63, 3.8) is 0 Å².